The Bertz CT molecular complexity index is 355. The van der Waals surface area contributed by atoms with Crippen LogP contribution in [-0.2, 0) is 19.1 Å². The highest BCUT2D eigenvalue weighted by Crippen LogP contribution is 2.09. The van der Waals surface area contributed by atoms with Crippen LogP contribution in [0.5, 0.6) is 0 Å². The van der Waals surface area contributed by atoms with Gasteiger partial charge in [-0.1, -0.05) is 97.3 Å². The highest BCUT2D eigenvalue weighted by atomic mass is 16.5. The van der Waals surface area contributed by atoms with Crippen molar-refractivity contribution in [2.24, 2.45) is 0 Å². The molecule has 0 bridgehead atoms. The largest absolute Gasteiger partial charge is 0.466 e. The van der Waals surface area contributed by atoms with Gasteiger partial charge < -0.3 is 9.47 Å². The van der Waals surface area contributed by atoms with Crippen LogP contribution in [0.1, 0.15) is 129 Å². The topological polar surface area (TPSA) is 52.6 Å². The normalized spacial score (nSPS) is 10.8. The average Bonchev–Trinajstić information content (AvgIpc) is 2.68. The molecule has 0 saturated heterocycles. The third kappa shape index (κ3) is 21.2. The second kappa shape index (κ2) is 22.2. The zero-order valence-electron chi connectivity index (χ0n) is 18.8. The van der Waals surface area contributed by atoms with Crippen LogP contribution >= 0.6 is 0 Å². The molecule has 0 saturated carbocycles. The van der Waals surface area contributed by atoms with Gasteiger partial charge in [0.15, 0.2) is 0 Å². The summed E-state index contributed by atoms with van der Waals surface area (Å²) in [5.41, 5.74) is 0. The fraction of sp³-hybridized carbons (Fsp3) is 0.917. The van der Waals surface area contributed by atoms with E-state index >= 15 is 0 Å². The van der Waals surface area contributed by atoms with Gasteiger partial charge in [-0.25, -0.2) is 0 Å². The molecule has 0 amide bonds. The Kier molecular flexibility index (Phi) is 21.4. The number of rotatable bonds is 21. The summed E-state index contributed by atoms with van der Waals surface area (Å²) < 4.78 is 10.5. The minimum absolute atomic E-state index is 0.192. The molecule has 0 aromatic heterocycles. The fourth-order valence-corrected chi connectivity index (χ4v) is 3.19. The molecular weight excluding hydrogens is 352 g/mol. The van der Waals surface area contributed by atoms with Crippen LogP contribution in [0.2, 0.25) is 0 Å². The van der Waals surface area contributed by atoms with E-state index in [1.165, 1.54) is 70.6 Å². The Morgan fingerprint density at radius 2 is 0.786 bits per heavy atom. The maximum absolute atomic E-state index is 11.7. The Hall–Kier alpha value is -1.06. The van der Waals surface area contributed by atoms with E-state index in [9.17, 15) is 9.59 Å². The number of hydrogen-bond donors (Lipinski definition) is 0. The fourth-order valence-electron chi connectivity index (χ4n) is 3.19. The monoisotopic (exact) mass is 398 g/mol. The molecular formula is C24H46O4. The summed E-state index contributed by atoms with van der Waals surface area (Å²) in [5.74, 6) is -0.385. The van der Waals surface area contributed by atoms with Gasteiger partial charge in [-0.15, -0.1) is 0 Å². The molecule has 0 atom stereocenters. The minimum Gasteiger partial charge on any atom is -0.466 e. The van der Waals surface area contributed by atoms with Gasteiger partial charge in [0.2, 0.25) is 0 Å². The summed E-state index contributed by atoms with van der Waals surface area (Å²) in [6.07, 6.45) is 19.5. The Morgan fingerprint density at radius 1 is 0.464 bits per heavy atom. The number of unbranched alkanes of at least 4 members (excludes halogenated alkanes) is 13. The molecule has 4 heteroatoms. The zero-order chi connectivity index (χ0) is 20.7. The smallest absolute Gasteiger partial charge is 0.305 e. The standard InChI is InChI=1S/C24H46O4/c1-3-5-7-9-11-13-15-17-22-28-24(26)20-18-19-23(25)27-21-16-14-12-10-8-6-4-2/h3-22H2,1-2H3. The van der Waals surface area contributed by atoms with Crippen LogP contribution < -0.4 is 0 Å². The number of hydrogen-bond acceptors (Lipinski definition) is 4. The molecule has 28 heavy (non-hydrogen) atoms. The van der Waals surface area contributed by atoms with Crippen molar-refractivity contribution in [3.63, 3.8) is 0 Å². The molecule has 0 aliphatic rings. The van der Waals surface area contributed by atoms with Gasteiger partial charge in [0, 0.05) is 12.8 Å². The van der Waals surface area contributed by atoms with Crippen molar-refractivity contribution in [3.05, 3.63) is 0 Å². The molecule has 0 rings (SSSR count). The lowest BCUT2D eigenvalue weighted by molar-refractivity contribution is -0.145. The van der Waals surface area contributed by atoms with Gasteiger partial charge in [-0.2, -0.15) is 0 Å². The first-order valence-corrected chi connectivity index (χ1v) is 12.0. The lowest BCUT2D eigenvalue weighted by atomic mass is 10.1. The van der Waals surface area contributed by atoms with Crippen molar-refractivity contribution in [2.45, 2.75) is 129 Å². The van der Waals surface area contributed by atoms with E-state index in [0.29, 0.717) is 32.5 Å². The molecule has 166 valence electrons. The summed E-state index contributed by atoms with van der Waals surface area (Å²) in [7, 11) is 0. The van der Waals surface area contributed by atoms with Crippen molar-refractivity contribution < 1.29 is 19.1 Å². The van der Waals surface area contributed by atoms with Gasteiger partial charge in [0.25, 0.3) is 0 Å². The third-order valence-corrected chi connectivity index (χ3v) is 5.03. The van der Waals surface area contributed by atoms with Gasteiger partial charge >= 0.3 is 11.9 Å². The molecule has 0 N–H and O–H groups in total. The Morgan fingerprint density at radius 3 is 1.14 bits per heavy atom. The summed E-state index contributed by atoms with van der Waals surface area (Å²) in [5, 5.41) is 0. The maximum atomic E-state index is 11.7. The quantitative estimate of drug-likeness (QED) is 0.152. The van der Waals surface area contributed by atoms with E-state index in [1.54, 1.807) is 0 Å². The van der Waals surface area contributed by atoms with Gasteiger partial charge in [-0.05, 0) is 19.3 Å². The van der Waals surface area contributed by atoms with Crippen molar-refractivity contribution >= 4 is 11.9 Å². The van der Waals surface area contributed by atoms with Crippen LogP contribution in [0.15, 0.2) is 0 Å². The zero-order valence-corrected chi connectivity index (χ0v) is 18.8. The van der Waals surface area contributed by atoms with Crippen LogP contribution in [0.4, 0.5) is 0 Å². The van der Waals surface area contributed by atoms with Crippen LogP contribution in [-0.4, -0.2) is 25.2 Å². The SMILES string of the molecule is CCCCCCCCCCOC(=O)CCCC(=O)OCCCCCCCCC. The molecule has 4 nitrogen and oxygen atoms in total. The van der Waals surface area contributed by atoms with Crippen molar-refractivity contribution in [1.82, 2.24) is 0 Å². The van der Waals surface area contributed by atoms with Crippen molar-refractivity contribution in [2.75, 3.05) is 13.2 Å². The highest BCUT2D eigenvalue weighted by molar-refractivity contribution is 5.72. The van der Waals surface area contributed by atoms with Crippen molar-refractivity contribution in [3.8, 4) is 0 Å². The first-order chi connectivity index (χ1) is 13.7. The molecule has 0 aromatic rings. The molecule has 0 fully saturated rings. The Balaban J connectivity index is 3.31. The van der Waals surface area contributed by atoms with E-state index < -0.39 is 0 Å². The lowest BCUT2D eigenvalue weighted by Gasteiger charge is -2.06. The molecule has 0 spiro atoms. The maximum Gasteiger partial charge on any atom is 0.305 e. The van der Waals surface area contributed by atoms with Gasteiger partial charge in [-0.3, -0.25) is 9.59 Å². The first kappa shape index (κ1) is 26.9. The molecule has 0 aliphatic heterocycles. The number of carbonyl (C=O) groups excluding carboxylic acids is 2. The lowest BCUT2D eigenvalue weighted by Crippen LogP contribution is -2.09. The minimum atomic E-state index is -0.193. The van der Waals surface area contributed by atoms with Crippen molar-refractivity contribution in [1.29, 1.82) is 0 Å². The number of esters is 2. The van der Waals surface area contributed by atoms with Gasteiger partial charge in [0.1, 0.15) is 0 Å². The predicted octanol–water partition coefficient (Wildman–Crippen LogP) is 7.13. The van der Waals surface area contributed by atoms with E-state index in [0.717, 1.165) is 25.7 Å². The third-order valence-electron chi connectivity index (χ3n) is 5.03. The molecule has 0 unspecified atom stereocenters. The number of carbonyl (C=O) groups is 2. The molecule has 0 aromatic carbocycles. The second-order valence-electron chi connectivity index (χ2n) is 7.89. The summed E-state index contributed by atoms with van der Waals surface area (Å²) in [4.78, 5) is 23.3. The predicted molar refractivity (Wildman–Crippen MR) is 116 cm³/mol. The molecule has 0 aliphatic carbocycles. The van der Waals surface area contributed by atoms with E-state index in [2.05, 4.69) is 13.8 Å². The molecule has 0 radical (unpaired) electrons. The highest BCUT2D eigenvalue weighted by Gasteiger charge is 2.07. The number of ether oxygens (including phenoxy) is 2. The van der Waals surface area contributed by atoms with Gasteiger partial charge in [0.05, 0.1) is 13.2 Å². The average molecular weight is 399 g/mol. The second-order valence-corrected chi connectivity index (χ2v) is 7.89. The van der Waals surface area contributed by atoms with Crippen LogP contribution in [0.25, 0.3) is 0 Å². The first-order valence-electron chi connectivity index (χ1n) is 12.0. The Labute approximate surface area is 174 Å². The molecule has 0 heterocycles. The summed E-state index contributed by atoms with van der Waals surface area (Å²) in [6.45, 7) is 5.47. The summed E-state index contributed by atoms with van der Waals surface area (Å²) >= 11 is 0. The van der Waals surface area contributed by atoms with Crippen LogP contribution in [0, 0.1) is 0 Å². The van der Waals surface area contributed by atoms with Crippen LogP contribution in [0.3, 0.4) is 0 Å². The van der Waals surface area contributed by atoms with E-state index in [-0.39, 0.29) is 11.9 Å². The van der Waals surface area contributed by atoms with E-state index in [1.807, 2.05) is 0 Å². The summed E-state index contributed by atoms with van der Waals surface area (Å²) in [6, 6.07) is 0. The van der Waals surface area contributed by atoms with E-state index in [4.69, 9.17) is 9.47 Å².